The third-order valence-electron chi connectivity index (χ3n) is 2.45. The summed E-state index contributed by atoms with van der Waals surface area (Å²) in [6.07, 6.45) is 3.02. The van der Waals surface area contributed by atoms with Crippen LogP contribution in [0.1, 0.15) is 23.7 Å². The van der Waals surface area contributed by atoms with Gasteiger partial charge < -0.3 is 10.6 Å². The lowest BCUT2D eigenvalue weighted by Gasteiger charge is -2.08. The summed E-state index contributed by atoms with van der Waals surface area (Å²) in [5.41, 5.74) is 0.359. The highest BCUT2D eigenvalue weighted by molar-refractivity contribution is 7.88. The van der Waals surface area contributed by atoms with Gasteiger partial charge in [-0.2, -0.15) is 0 Å². The standard InChI is InChI=1S/C12H19ClN4O3S/c1-3-14-11-10(13)7-9(8-16-11)12(18)15-5-4-6-17-21(2,19)20/h7-8,17H,3-6H2,1-2H3,(H,14,16)(H,15,18). The molecule has 0 aromatic carbocycles. The lowest BCUT2D eigenvalue weighted by molar-refractivity contribution is 0.0953. The SMILES string of the molecule is CCNc1ncc(C(=O)NCCCNS(C)(=O)=O)cc1Cl. The van der Waals surface area contributed by atoms with E-state index in [0.29, 0.717) is 35.9 Å². The van der Waals surface area contributed by atoms with Gasteiger partial charge in [0.25, 0.3) is 5.91 Å². The largest absolute Gasteiger partial charge is 0.369 e. The molecule has 0 unspecified atom stereocenters. The summed E-state index contributed by atoms with van der Waals surface area (Å²) >= 11 is 6.00. The number of pyridine rings is 1. The Bertz CT molecular complexity index is 592. The van der Waals surface area contributed by atoms with E-state index in [0.717, 1.165) is 6.26 Å². The first-order chi connectivity index (χ1) is 9.83. The second-order valence-electron chi connectivity index (χ2n) is 4.36. The number of hydrogen-bond acceptors (Lipinski definition) is 5. The molecule has 0 aliphatic carbocycles. The summed E-state index contributed by atoms with van der Waals surface area (Å²) in [4.78, 5) is 15.9. The second-order valence-corrected chi connectivity index (χ2v) is 6.60. The fourth-order valence-corrected chi connectivity index (χ4v) is 2.26. The van der Waals surface area contributed by atoms with Crippen molar-refractivity contribution in [2.45, 2.75) is 13.3 Å². The Morgan fingerprint density at radius 3 is 2.67 bits per heavy atom. The molecule has 3 N–H and O–H groups in total. The third-order valence-corrected chi connectivity index (χ3v) is 3.47. The Hall–Kier alpha value is -1.38. The van der Waals surface area contributed by atoms with Crippen LogP contribution in [0.5, 0.6) is 0 Å². The number of carbonyl (C=O) groups excluding carboxylic acids is 1. The van der Waals surface area contributed by atoms with E-state index >= 15 is 0 Å². The number of anilines is 1. The van der Waals surface area contributed by atoms with E-state index in [-0.39, 0.29) is 12.5 Å². The Morgan fingerprint density at radius 2 is 2.10 bits per heavy atom. The summed E-state index contributed by atoms with van der Waals surface area (Å²) in [6, 6.07) is 1.54. The highest BCUT2D eigenvalue weighted by Crippen LogP contribution is 2.19. The molecule has 0 atom stereocenters. The van der Waals surface area contributed by atoms with Crippen LogP contribution in [-0.2, 0) is 10.0 Å². The van der Waals surface area contributed by atoms with Crippen molar-refractivity contribution < 1.29 is 13.2 Å². The van der Waals surface area contributed by atoms with Crippen LogP contribution in [0.2, 0.25) is 5.02 Å². The third kappa shape index (κ3) is 6.74. The van der Waals surface area contributed by atoms with Crippen LogP contribution in [0.25, 0.3) is 0 Å². The molecule has 7 nitrogen and oxygen atoms in total. The molecule has 1 aromatic heterocycles. The molecule has 0 aliphatic heterocycles. The molecular formula is C12H19ClN4O3S. The summed E-state index contributed by atoms with van der Waals surface area (Å²) in [6.45, 7) is 3.24. The van der Waals surface area contributed by atoms with Crippen LogP contribution in [0.4, 0.5) is 5.82 Å². The Balaban J connectivity index is 2.44. The van der Waals surface area contributed by atoms with Gasteiger partial charge in [-0.3, -0.25) is 4.79 Å². The van der Waals surface area contributed by atoms with Gasteiger partial charge in [0.05, 0.1) is 16.8 Å². The molecule has 0 spiro atoms. The Labute approximate surface area is 129 Å². The number of sulfonamides is 1. The minimum Gasteiger partial charge on any atom is -0.369 e. The van der Waals surface area contributed by atoms with E-state index < -0.39 is 10.0 Å². The molecule has 0 radical (unpaired) electrons. The summed E-state index contributed by atoms with van der Waals surface area (Å²) < 4.78 is 24.0. The zero-order valence-corrected chi connectivity index (χ0v) is 13.5. The number of nitrogens with zero attached hydrogens (tertiary/aromatic N) is 1. The first kappa shape index (κ1) is 17.7. The summed E-state index contributed by atoms with van der Waals surface area (Å²) in [5.74, 6) is 0.236. The Morgan fingerprint density at radius 1 is 1.38 bits per heavy atom. The molecule has 0 bridgehead atoms. The number of rotatable bonds is 8. The second kappa shape index (κ2) is 8.16. The molecule has 0 saturated heterocycles. The van der Waals surface area contributed by atoms with Gasteiger partial charge in [-0.25, -0.2) is 18.1 Å². The Kier molecular flexibility index (Phi) is 6.86. The molecule has 1 aromatic rings. The van der Waals surface area contributed by atoms with Crippen molar-refractivity contribution >= 4 is 33.3 Å². The van der Waals surface area contributed by atoms with Crippen molar-refractivity contribution in [2.24, 2.45) is 0 Å². The maximum absolute atomic E-state index is 11.9. The van der Waals surface area contributed by atoms with E-state index in [4.69, 9.17) is 11.6 Å². The van der Waals surface area contributed by atoms with E-state index in [9.17, 15) is 13.2 Å². The summed E-state index contributed by atoms with van der Waals surface area (Å²) in [7, 11) is -3.19. The van der Waals surface area contributed by atoms with Crippen LogP contribution in [0.15, 0.2) is 12.3 Å². The van der Waals surface area contributed by atoms with Gasteiger partial charge in [0.2, 0.25) is 10.0 Å². The predicted octanol–water partition coefficient (Wildman–Crippen LogP) is 0.836. The van der Waals surface area contributed by atoms with Crippen molar-refractivity contribution in [2.75, 3.05) is 31.2 Å². The highest BCUT2D eigenvalue weighted by atomic mass is 35.5. The molecular weight excluding hydrogens is 316 g/mol. The number of carbonyl (C=O) groups is 1. The van der Waals surface area contributed by atoms with Gasteiger partial charge in [0, 0.05) is 25.8 Å². The lowest BCUT2D eigenvalue weighted by atomic mass is 10.2. The van der Waals surface area contributed by atoms with Crippen molar-refractivity contribution in [3.05, 3.63) is 22.8 Å². The smallest absolute Gasteiger partial charge is 0.252 e. The van der Waals surface area contributed by atoms with Crippen molar-refractivity contribution in [1.82, 2.24) is 15.0 Å². The summed E-state index contributed by atoms with van der Waals surface area (Å²) in [5, 5.41) is 6.03. The first-order valence-corrected chi connectivity index (χ1v) is 8.72. The van der Waals surface area contributed by atoms with E-state index in [1.54, 1.807) is 0 Å². The molecule has 9 heteroatoms. The molecule has 118 valence electrons. The molecule has 1 heterocycles. The molecule has 1 amide bonds. The minimum atomic E-state index is -3.19. The number of nitrogens with one attached hydrogen (secondary N) is 3. The normalized spacial score (nSPS) is 11.2. The first-order valence-electron chi connectivity index (χ1n) is 6.45. The number of halogens is 1. The van der Waals surface area contributed by atoms with Gasteiger partial charge in [-0.15, -0.1) is 0 Å². The molecule has 0 saturated carbocycles. The number of amides is 1. The van der Waals surface area contributed by atoms with Gasteiger partial charge in [0.1, 0.15) is 5.82 Å². The monoisotopic (exact) mass is 334 g/mol. The zero-order valence-electron chi connectivity index (χ0n) is 11.9. The van der Waals surface area contributed by atoms with Crippen LogP contribution in [0.3, 0.4) is 0 Å². The molecule has 0 aliphatic rings. The molecule has 21 heavy (non-hydrogen) atoms. The fraction of sp³-hybridized carbons (Fsp3) is 0.500. The van der Waals surface area contributed by atoms with E-state index in [1.165, 1.54) is 12.3 Å². The van der Waals surface area contributed by atoms with E-state index in [1.807, 2.05) is 6.92 Å². The molecule has 0 fully saturated rings. The van der Waals surface area contributed by atoms with Gasteiger partial charge in [0.15, 0.2) is 0 Å². The van der Waals surface area contributed by atoms with Crippen molar-refractivity contribution in [3.8, 4) is 0 Å². The predicted molar refractivity (Wildman–Crippen MR) is 83.2 cm³/mol. The van der Waals surface area contributed by atoms with Crippen LogP contribution in [-0.4, -0.2) is 45.2 Å². The fourth-order valence-electron chi connectivity index (χ4n) is 1.51. The quantitative estimate of drug-likeness (QED) is 0.612. The maximum Gasteiger partial charge on any atom is 0.252 e. The topological polar surface area (TPSA) is 100 Å². The maximum atomic E-state index is 11.9. The average Bonchev–Trinajstić information content (AvgIpc) is 2.39. The van der Waals surface area contributed by atoms with Gasteiger partial charge in [-0.05, 0) is 19.4 Å². The number of hydrogen-bond donors (Lipinski definition) is 3. The van der Waals surface area contributed by atoms with E-state index in [2.05, 4.69) is 20.3 Å². The lowest BCUT2D eigenvalue weighted by Crippen LogP contribution is -2.29. The van der Waals surface area contributed by atoms with Gasteiger partial charge >= 0.3 is 0 Å². The molecule has 1 rings (SSSR count). The van der Waals surface area contributed by atoms with Crippen molar-refractivity contribution in [3.63, 3.8) is 0 Å². The number of aromatic nitrogens is 1. The minimum absolute atomic E-state index is 0.275. The average molecular weight is 335 g/mol. The van der Waals surface area contributed by atoms with Crippen LogP contribution >= 0.6 is 11.6 Å². The van der Waals surface area contributed by atoms with Crippen molar-refractivity contribution in [1.29, 1.82) is 0 Å². The highest BCUT2D eigenvalue weighted by Gasteiger charge is 2.09. The van der Waals surface area contributed by atoms with Crippen LogP contribution in [0, 0.1) is 0 Å². The van der Waals surface area contributed by atoms with Crippen LogP contribution < -0.4 is 15.4 Å². The van der Waals surface area contributed by atoms with Gasteiger partial charge in [-0.1, -0.05) is 11.6 Å². The zero-order chi connectivity index (χ0) is 15.9.